The molecule has 0 unspecified atom stereocenters. The van der Waals surface area contributed by atoms with Crippen LogP contribution in [0.2, 0.25) is 5.02 Å². The Morgan fingerprint density at radius 1 is 1.16 bits per heavy atom. The summed E-state index contributed by atoms with van der Waals surface area (Å²) < 4.78 is 31.8. The van der Waals surface area contributed by atoms with Crippen molar-refractivity contribution in [2.24, 2.45) is 0 Å². The van der Waals surface area contributed by atoms with E-state index in [1.54, 1.807) is 25.3 Å². The molecule has 9 nitrogen and oxygen atoms in total. The number of benzene rings is 2. The molecule has 0 spiro atoms. The molecule has 0 saturated carbocycles. The number of piperidine rings is 1. The Labute approximate surface area is 219 Å². The molecule has 1 aromatic heterocycles. The Morgan fingerprint density at radius 2 is 1.95 bits per heavy atom. The van der Waals surface area contributed by atoms with Gasteiger partial charge in [0, 0.05) is 37.6 Å². The zero-order valence-electron chi connectivity index (χ0n) is 20.6. The van der Waals surface area contributed by atoms with Crippen LogP contribution in [0, 0.1) is 5.82 Å². The van der Waals surface area contributed by atoms with Gasteiger partial charge in [0.25, 0.3) is 0 Å². The average Bonchev–Trinajstić information content (AvgIpc) is 2.92. The lowest BCUT2D eigenvalue weighted by atomic mass is 10.1. The number of hydrogen-bond acceptors (Lipinski definition) is 8. The van der Waals surface area contributed by atoms with Crippen molar-refractivity contribution < 1.29 is 23.4 Å². The smallest absolute Gasteiger partial charge is 0.236 e. The molecule has 0 radical (unpaired) electrons. The van der Waals surface area contributed by atoms with Crippen molar-refractivity contribution in [1.82, 2.24) is 19.8 Å². The SMILES string of the molecule is COc1cc2ncnc(Nc3cccc(Cl)c3F)c2cc1OC1CCN(CC(=O)N2CCOCC2)CC1. The number of nitrogens with zero attached hydrogens (tertiary/aromatic N) is 4. The zero-order valence-corrected chi connectivity index (χ0v) is 21.3. The minimum atomic E-state index is -0.556. The second-order valence-corrected chi connectivity index (χ2v) is 9.46. The van der Waals surface area contributed by atoms with Crippen LogP contribution >= 0.6 is 11.6 Å². The number of anilines is 2. The summed E-state index contributed by atoms with van der Waals surface area (Å²) in [5.74, 6) is 1.13. The van der Waals surface area contributed by atoms with E-state index in [9.17, 15) is 9.18 Å². The van der Waals surface area contributed by atoms with E-state index < -0.39 is 5.82 Å². The van der Waals surface area contributed by atoms with Crippen LogP contribution < -0.4 is 14.8 Å². The van der Waals surface area contributed by atoms with Crippen molar-refractivity contribution in [2.75, 3.05) is 58.4 Å². The lowest BCUT2D eigenvalue weighted by Crippen LogP contribution is -2.48. The molecule has 2 aliphatic rings. The standard InChI is InChI=1S/C26H29ClFN5O4/c1-35-22-14-21-18(26(30-16-29-21)31-20-4-2-3-19(27)25(20)28)13-23(22)37-17-5-7-32(8-6-17)15-24(34)33-9-11-36-12-10-33/h2-4,13-14,16-17H,5-12,15H2,1H3,(H,29,30,31). The third-order valence-corrected chi connectivity index (χ3v) is 6.97. The number of methoxy groups -OCH3 is 1. The van der Waals surface area contributed by atoms with Gasteiger partial charge in [0.15, 0.2) is 17.3 Å². The molecule has 3 aromatic rings. The van der Waals surface area contributed by atoms with Crippen LogP contribution in [-0.2, 0) is 9.53 Å². The Hall–Kier alpha value is -3.21. The molecule has 0 atom stereocenters. The normalized spacial score (nSPS) is 17.1. The van der Waals surface area contributed by atoms with Crippen LogP contribution in [0.15, 0.2) is 36.7 Å². The summed E-state index contributed by atoms with van der Waals surface area (Å²) in [5, 5.41) is 3.70. The summed E-state index contributed by atoms with van der Waals surface area (Å²) in [6, 6.07) is 8.33. The van der Waals surface area contributed by atoms with E-state index in [1.165, 1.54) is 12.4 Å². The number of hydrogen-bond donors (Lipinski definition) is 1. The molecule has 196 valence electrons. The van der Waals surface area contributed by atoms with Crippen LogP contribution in [0.3, 0.4) is 0 Å². The average molecular weight is 530 g/mol. The summed E-state index contributed by atoms with van der Waals surface area (Å²) in [5.41, 5.74) is 0.838. The van der Waals surface area contributed by atoms with Crippen molar-refractivity contribution in [3.8, 4) is 11.5 Å². The molecule has 0 bridgehead atoms. The minimum Gasteiger partial charge on any atom is -0.493 e. The van der Waals surface area contributed by atoms with Gasteiger partial charge >= 0.3 is 0 Å². The molecule has 0 aliphatic carbocycles. The molecule has 11 heteroatoms. The highest BCUT2D eigenvalue weighted by Crippen LogP contribution is 2.36. The maximum absolute atomic E-state index is 14.5. The van der Waals surface area contributed by atoms with Crippen molar-refractivity contribution in [3.05, 3.63) is 47.5 Å². The molecule has 37 heavy (non-hydrogen) atoms. The first kappa shape index (κ1) is 25.4. The van der Waals surface area contributed by atoms with Gasteiger partial charge in [-0.15, -0.1) is 0 Å². The second-order valence-electron chi connectivity index (χ2n) is 9.06. The highest BCUT2D eigenvalue weighted by Gasteiger charge is 2.26. The fourth-order valence-electron chi connectivity index (χ4n) is 4.61. The molecule has 2 fully saturated rings. The number of likely N-dealkylation sites (tertiary alicyclic amines) is 1. The van der Waals surface area contributed by atoms with E-state index in [0.29, 0.717) is 61.1 Å². The molecule has 5 rings (SSSR count). The number of fused-ring (bicyclic) bond motifs is 1. The number of ether oxygens (including phenoxy) is 3. The summed E-state index contributed by atoms with van der Waals surface area (Å²) in [4.78, 5) is 25.3. The molecule has 2 aromatic carbocycles. The van der Waals surface area contributed by atoms with Crippen LogP contribution in [0.4, 0.5) is 15.9 Å². The number of halogens is 2. The Balaban J connectivity index is 1.28. The number of amides is 1. The van der Waals surface area contributed by atoms with Gasteiger partial charge in [0.1, 0.15) is 18.2 Å². The van der Waals surface area contributed by atoms with Crippen molar-refractivity contribution >= 4 is 39.9 Å². The van der Waals surface area contributed by atoms with Gasteiger partial charge in [0.05, 0.1) is 43.1 Å². The molecule has 1 amide bonds. The monoisotopic (exact) mass is 529 g/mol. The summed E-state index contributed by atoms with van der Waals surface area (Å²) in [7, 11) is 1.58. The topological polar surface area (TPSA) is 89.1 Å². The summed E-state index contributed by atoms with van der Waals surface area (Å²) in [6.07, 6.45) is 2.93. The Kier molecular flexibility index (Phi) is 7.87. The van der Waals surface area contributed by atoms with E-state index >= 15 is 0 Å². The highest BCUT2D eigenvalue weighted by molar-refractivity contribution is 6.31. The van der Waals surface area contributed by atoms with Gasteiger partial charge in [-0.25, -0.2) is 14.4 Å². The van der Waals surface area contributed by atoms with Gasteiger partial charge in [-0.05, 0) is 31.0 Å². The number of morpholine rings is 1. The molecule has 3 heterocycles. The highest BCUT2D eigenvalue weighted by atomic mass is 35.5. The quantitative estimate of drug-likeness (QED) is 0.493. The number of nitrogens with one attached hydrogen (secondary N) is 1. The first-order chi connectivity index (χ1) is 18.0. The van der Waals surface area contributed by atoms with Gasteiger partial charge in [-0.3, -0.25) is 9.69 Å². The minimum absolute atomic E-state index is 0.0204. The largest absolute Gasteiger partial charge is 0.493 e. The fraction of sp³-hybridized carbons (Fsp3) is 0.423. The maximum atomic E-state index is 14.5. The molecule has 2 saturated heterocycles. The summed E-state index contributed by atoms with van der Waals surface area (Å²) in [6.45, 7) is 4.46. The van der Waals surface area contributed by atoms with E-state index in [-0.39, 0.29) is 22.7 Å². The van der Waals surface area contributed by atoms with Crippen molar-refractivity contribution in [3.63, 3.8) is 0 Å². The van der Waals surface area contributed by atoms with Crippen LogP contribution in [0.25, 0.3) is 10.9 Å². The number of carbonyl (C=O) groups excluding carboxylic acids is 1. The van der Waals surface area contributed by atoms with Gasteiger partial charge in [0.2, 0.25) is 5.91 Å². The van der Waals surface area contributed by atoms with Gasteiger partial charge in [-0.1, -0.05) is 17.7 Å². The summed E-state index contributed by atoms with van der Waals surface area (Å²) >= 11 is 5.94. The molecule has 2 aliphatic heterocycles. The van der Waals surface area contributed by atoms with Crippen molar-refractivity contribution in [2.45, 2.75) is 18.9 Å². The lowest BCUT2D eigenvalue weighted by Gasteiger charge is -2.34. The Morgan fingerprint density at radius 3 is 2.70 bits per heavy atom. The van der Waals surface area contributed by atoms with Crippen LogP contribution in [0.1, 0.15) is 12.8 Å². The van der Waals surface area contributed by atoms with Gasteiger partial charge in [-0.2, -0.15) is 0 Å². The van der Waals surface area contributed by atoms with E-state index in [2.05, 4.69) is 20.2 Å². The third kappa shape index (κ3) is 5.87. The van der Waals surface area contributed by atoms with Gasteiger partial charge < -0.3 is 24.4 Å². The van der Waals surface area contributed by atoms with E-state index in [1.807, 2.05) is 11.0 Å². The second kappa shape index (κ2) is 11.5. The van der Waals surface area contributed by atoms with Crippen LogP contribution in [-0.4, -0.2) is 84.8 Å². The molecular weight excluding hydrogens is 501 g/mol. The molecular formula is C26H29ClFN5O4. The fourth-order valence-corrected chi connectivity index (χ4v) is 4.79. The number of aromatic nitrogens is 2. The number of rotatable bonds is 7. The predicted octanol–water partition coefficient (Wildman–Crippen LogP) is 3.88. The van der Waals surface area contributed by atoms with Crippen LogP contribution in [0.5, 0.6) is 11.5 Å². The first-order valence-corrected chi connectivity index (χ1v) is 12.7. The molecule has 1 N–H and O–H groups in total. The zero-order chi connectivity index (χ0) is 25.8. The Bertz CT molecular complexity index is 1270. The van der Waals surface area contributed by atoms with Crippen molar-refractivity contribution in [1.29, 1.82) is 0 Å². The van der Waals surface area contributed by atoms with E-state index in [0.717, 1.165) is 25.9 Å². The predicted molar refractivity (Wildman–Crippen MR) is 138 cm³/mol. The third-order valence-electron chi connectivity index (χ3n) is 6.68. The van der Waals surface area contributed by atoms with E-state index in [4.69, 9.17) is 25.8 Å². The number of carbonyl (C=O) groups is 1. The first-order valence-electron chi connectivity index (χ1n) is 12.3. The lowest BCUT2D eigenvalue weighted by molar-refractivity contribution is -0.136. The maximum Gasteiger partial charge on any atom is 0.236 e.